The zero-order chi connectivity index (χ0) is 35.1. The van der Waals surface area contributed by atoms with Gasteiger partial charge in [-0.15, -0.1) is 0 Å². The number of hydrogen-bond acceptors (Lipinski definition) is 6. The minimum Gasteiger partial charge on any atom is -0.481 e. The second-order valence-electron chi connectivity index (χ2n) is 11.8. The van der Waals surface area contributed by atoms with Crippen molar-refractivity contribution in [3.63, 3.8) is 0 Å². The Balaban J connectivity index is 1.22. The van der Waals surface area contributed by atoms with E-state index in [4.69, 9.17) is 5.11 Å². The minimum absolute atomic E-state index is 0.0102. The van der Waals surface area contributed by atoms with Crippen LogP contribution in [-0.4, -0.2) is 48.4 Å². The Labute approximate surface area is 282 Å². The molecule has 254 valence electrons. The largest absolute Gasteiger partial charge is 0.481 e. The van der Waals surface area contributed by atoms with Crippen LogP contribution in [0.25, 0.3) is 0 Å². The Hall–Kier alpha value is -5.40. The number of anilines is 2. The van der Waals surface area contributed by atoms with Gasteiger partial charge in [-0.2, -0.15) is 0 Å². The number of nitrogens with one attached hydrogen (secondary N) is 3. The molecule has 1 saturated carbocycles. The Morgan fingerprint density at radius 1 is 0.714 bits per heavy atom. The van der Waals surface area contributed by atoms with E-state index >= 15 is 0 Å². The smallest absolute Gasteiger partial charge is 0.335 e. The van der Waals surface area contributed by atoms with Gasteiger partial charge in [0.25, 0.3) is 11.8 Å². The molecule has 0 atom stereocenters. The van der Waals surface area contributed by atoms with Gasteiger partial charge in [0.05, 0.1) is 27.6 Å². The number of aryl methyl sites for hydroxylation is 2. The summed E-state index contributed by atoms with van der Waals surface area (Å²) in [5, 5.41) is 23.5. The molecule has 0 heterocycles. The number of aromatic carboxylic acids is 1. The van der Waals surface area contributed by atoms with Crippen LogP contribution >= 0.6 is 0 Å². The van der Waals surface area contributed by atoms with Crippen molar-refractivity contribution in [1.82, 2.24) is 4.72 Å². The third-order valence-electron chi connectivity index (χ3n) is 8.39. The summed E-state index contributed by atoms with van der Waals surface area (Å²) in [5.41, 5.74) is 2.45. The van der Waals surface area contributed by atoms with Crippen molar-refractivity contribution in [3.8, 4) is 0 Å². The highest BCUT2D eigenvalue weighted by molar-refractivity contribution is 7.89. The van der Waals surface area contributed by atoms with E-state index in [0.29, 0.717) is 44.2 Å². The molecule has 1 fully saturated rings. The second kappa shape index (κ2) is 15.2. The van der Waals surface area contributed by atoms with E-state index in [-0.39, 0.29) is 27.3 Å². The average molecular weight is 688 g/mol. The molecule has 0 unspecified atom stereocenters. The fourth-order valence-corrected chi connectivity index (χ4v) is 6.96. The van der Waals surface area contributed by atoms with Crippen LogP contribution in [0.3, 0.4) is 0 Å². The fourth-order valence-electron chi connectivity index (χ4n) is 5.61. The maximum Gasteiger partial charge on any atom is 0.335 e. The highest BCUT2D eigenvalue weighted by Gasteiger charge is 2.29. The van der Waals surface area contributed by atoms with Crippen molar-refractivity contribution in [2.24, 2.45) is 5.92 Å². The fraction of sp³-hybridized carbons (Fsp3) is 0.222. The molecule has 4 aromatic rings. The molecule has 2 amide bonds. The Morgan fingerprint density at radius 2 is 1.35 bits per heavy atom. The maximum absolute atomic E-state index is 14.3. The summed E-state index contributed by atoms with van der Waals surface area (Å²) < 4.78 is 43.0. The lowest BCUT2D eigenvalue weighted by Gasteiger charge is -2.26. The van der Waals surface area contributed by atoms with E-state index in [1.165, 1.54) is 30.3 Å². The van der Waals surface area contributed by atoms with Gasteiger partial charge in [-0.1, -0.05) is 30.3 Å². The van der Waals surface area contributed by atoms with E-state index < -0.39 is 51.6 Å². The van der Waals surface area contributed by atoms with Crippen LogP contribution in [0.2, 0.25) is 0 Å². The van der Waals surface area contributed by atoms with Crippen LogP contribution in [-0.2, 0) is 27.7 Å². The van der Waals surface area contributed by atoms with E-state index in [2.05, 4.69) is 15.4 Å². The van der Waals surface area contributed by atoms with Gasteiger partial charge >= 0.3 is 11.9 Å². The van der Waals surface area contributed by atoms with Gasteiger partial charge in [0.15, 0.2) is 0 Å². The number of carbonyl (C=O) groups is 4. The quantitative estimate of drug-likeness (QED) is 0.125. The first-order valence-corrected chi connectivity index (χ1v) is 17.0. The Bertz CT molecular complexity index is 1970. The van der Waals surface area contributed by atoms with Crippen LogP contribution < -0.4 is 15.4 Å². The number of sulfonamides is 1. The molecule has 4 aromatic carbocycles. The third kappa shape index (κ3) is 9.15. The first-order valence-electron chi connectivity index (χ1n) is 15.6. The summed E-state index contributed by atoms with van der Waals surface area (Å²) in [6.07, 6.45) is 2.83. The highest BCUT2D eigenvalue weighted by atomic mass is 32.2. The van der Waals surface area contributed by atoms with E-state index in [1.807, 2.05) is 12.1 Å². The van der Waals surface area contributed by atoms with Crippen LogP contribution in [0, 0.1) is 11.7 Å². The van der Waals surface area contributed by atoms with Gasteiger partial charge < -0.3 is 20.8 Å². The molecule has 0 aromatic heterocycles. The first-order chi connectivity index (χ1) is 23.4. The SMILES string of the molecule is O=C(O)c1ccc(CCc2ccc(NC(=O)c3cc(F)ccc3NC(=O)c3cccc(S(=O)(=O)N[C@H]4CC[C@H](C(=O)O)CC4)c3)cc2)cc1. The average Bonchev–Trinajstić information content (AvgIpc) is 3.09. The molecule has 5 N–H and O–H groups in total. The lowest BCUT2D eigenvalue weighted by Crippen LogP contribution is -2.38. The number of amides is 2. The second-order valence-corrected chi connectivity index (χ2v) is 13.5. The number of carboxylic acid groups (broad SMARTS) is 2. The number of carbonyl (C=O) groups excluding carboxylic acids is 2. The van der Waals surface area contributed by atoms with Crippen molar-refractivity contribution in [2.45, 2.75) is 49.5 Å². The first kappa shape index (κ1) is 34.9. The van der Waals surface area contributed by atoms with Crippen molar-refractivity contribution in [2.75, 3.05) is 10.6 Å². The van der Waals surface area contributed by atoms with Gasteiger partial charge in [0.2, 0.25) is 10.0 Å². The van der Waals surface area contributed by atoms with Gasteiger partial charge in [-0.05, 0) is 110 Å². The number of hydrogen-bond donors (Lipinski definition) is 5. The number of rotatable bonds is 12. The van der Waals surface area contributed by atoms with Gasteiger partial charge in [0, 0.05) is 17.3 Å². The summed E-state index contributed by atoms with van der Waals surface area (Å²) in [7, 11) is -4.02. The topological polar surface area (TPSA) is 179 Å². The molecular formula is C36H34FN3O8S. The van der Waals surface area contributed by atoms with Crippen molar-refractivity contribution in [1.29, 1.82) is 0 Å². The lowest BCUT2D eigenvalue weighted by atomic mass is 9.87. The molecule has 1 aliphatic carbocycles. The molecule has 0 saturated heterocycles. The third-order valence-corrected chi connectivity index (χ3v) is 9.91. The summed E-state index contributed by atoms with van der Waals surface area (Å²) in [5.74, 6) is -4.49. The number of carboxylic acids is 2. The van der Waals surface area contributed by atoms with Crippen molar-refractivity contribution in [3.05, 3.63) is 125 Å². The van der Waals surface area contributed by atoms with E-state index in [0.717, 1.165) is 23.3 Å². The minimum atomic E-state index is -4.02. The predicted molar refractivity (Wildman–Crippen MR) is 180 cm³/mol. The lowest BCUT2D eigenvalue weighted by molar-refractivity contribution is -0.142. The zero-order valence-electron chi connectivity index (χ0n) is 26.2. The molecule has 0 radical (unpaired) electrons. The molecule has 11 nitrogen and oxygen atoms in total. The van der Waals surface area contributed by atoms with E-state index in [1.54, 1.807) is 36.4 Å². The molecule has 5 rings (SSSR count). The summed E-state index contributed by atoms with van der Waals surface area (Å²) in [4.78, 5) is 48.5. The highest BCUT2D eigenvalue weighted by Crippen LogP contribution is 2.26. The molecule has 1 aliphatic rings. The Kier molecular flexibility index (Phi) is 10.8. The molecule has 13 heteroatoms. The number of halogens is 1. The summed E-state index contributed by atoms with van der Waals surface area (Å²) in [6, 6.07) is 21.9. The molecule has 0 bridgehead atoms. The summed E-state index contributed by atoms with van der Waals surface area (Å²) >= 11 is 0. The monoisotopic (exact) mass is 687 g/mol. The maximum atomic E-state index is 14.3. The van der Waals surface area contributed by atoms with Crippen LogP contribution in [0.5, 0.6) is 0 Å². The van der Waals surface area contributed by atoms with E-state index in [9.17, 15) is 37.1 Å². The van der Waals surface area contributed by atoms with Crippen LogP contribution in [0.1, 0.15) is 67.9 Å². The number of benzene rings is 4. The van der Waals surface area contributed by atoms with Gasteiger partial charge in [0.1, 0.15) is 5.82 Å². The van der Waals surface area contributed by atoms with Crippen LogP contribution in [0.15, 0.2) is 95.9 Å². The molecular weight excluding hydrogens is 653 g/mol. The van der Waals surface area contributed by atoms with Gasteiger partial charge in [-0.3, -0.25) is 14.4 Å². The zero-order valence-corrected chi connectivity index (χ0v) is 27.0. The van der Waals surface area contributed by atoms with Gasteiger partial charge in [-0.25, -0.2) is 22.3 Å². The summed E-state index contributed by atoms with van der Waals surface area (Å²) in [6.45, 7) is 0. The molecule has 0 spiro atoms. The molecule has 49 heavy (non-hydrogen) atoms. The predicted octanol–water partition coefficient (Wildman–Crippen LogP) is 5.74. The standard InChI is InChI=1S/C36H34FN3O8S/c37-27-14-19-32(39-33(41)26-2-1-3-30(20-26)49(47,48)40-29-17-12-25(13-18-29)36(45)46)31(21-27)34(42)38-28-15-8-23(9-16-28)5-4-22-6-10-24(11-7-22)35(43)44/h1-3,6-11,14-16,19-21,25,29,40H,4-5,12-13,17-18H2,(H,38,42)(H,39,41)(H,43,44)(H,45,46)/t25-,29-. The number of aliphatic carboxylic acids is 1. The molecule has 0 aliphatic heterocycles. The van der Waals surface area contributed by atoms with Crippen LogP contribution in [0.4, 0.5) is 15.8 Å². The van der Waals surface area contributed by atoms with Crippen molar-refractivity contribution >= 4 is 45.2 Å². The van der Waals surface area contributed by atoms with Crippen molar-refractivity contribution < 1.29 is 42.2 Å². The Morgan fingerprint density at radius 3 is 1.96 bits per heavy atom. The normalized spacial score (nSPS) is 16.0.